The monoisotopic (exact) mass is 249 g/mol. The van der Waals surface area contributed by atoms with Crippen LogP contribution >= 0.6 is 0 Å². The molecule has 2 saturated carbocycles. The van der Waals surface area contributed by atoms with E-state index in [1.807, 2.05) is 6.07 Å². The Morgan fingerprint density at radius 1 is 1.33 bits per heavy atom. The van der Waals surface area contributed by atoms with Crippen molar-refractivity contribution in [3.8, 4) is 0 Å². The molecule has 0 heterocycles. The maximum Gasteiger partial charge on any atom is 0.146 e. The van der Waals surface area contributed by atoms with E-state index in [9.17, 15) is 9.50 Å². The van der Waals surface area contributed by atoms with Gasteiger partial charge in [-0.15, -0.1) is 0 Å². The minimum atomic E-state index is -0.615. The summed E-state index contributed by atoms with van der Waals surface area (Å²) in [5.74, 6) is 0.535. The third-order valence-corrected chi connectivity index (χ3v) is 3.89. The van der Waals surface area contributed by atoms with Crippen LogP contribution in [0.1, 0.15) is 44.3 Å². The van der Waals surface area contributed by atoms with Crippen LogP contribution in [0.15, 0.2) is 18.2 Å². The Morgan fingerprint density at radius 2 is 2.06 bits per heavy atom. The molecule has 2 aliphatic carbocycles. The minimum Gasteiger partial charge on any atom is -0.389 e. The maximum atomic E-state index is 14.2. The van der Waals surface area contributed by atoms with Gasteiger partial charge in [0.2, 0.25) is 0 Å². The molecule has 2 aliphatic rings. The highest BCUT2D eigenvalue weighted by atomic mass is 19.1. The number of anilines is 1. The fourth-order valence-electron chi connectivity index (χ4n) is 2.56. The van der Waals surface area contributed by atoms with Gasteiger partial charge in [-0.3, -0.25) is 0 Å². The average Bonchev–Trinajstić information content (AvgIpc) is 3.19. The lowest BCUT2D eigenvalue weighted by Gasteiger charge is -2.28. The van der Waals surface area contributed by atoms with E-state index in [-0.39, 0.29) is 5.82 Å². The zero-order valence-corrected chi connectivity index (χ0v) is 10.8. The second-order valence-electron chi connectivity index (χ2n) is 5.68. The second kappa shape index (κ2) is 4.54. The number of hydrogen-bond acceptors (Lipinski definition) is 2. The van der Waals surface area contributed by atoms with E-state index in [4.69, 9.17) is 0 Å². The molecule has 2 fully saturated rings. The summed E-state index contributed by atoms with van der Waals surface area (Å²) in [6.45, 7) is 2.66. The lowest BCUT2D eigenvalue weighted by atomic mass is 10.1. The van der Waals surface area contributed by atoms with Crippen LogP contribution in [0.25, 0.3) is 0 Å². The molecule has 0 spiro atoms. The molecule has 0 amide bonds. The molecule has 0 aromatic heterocycles. The first-order chi connectivity index (χ1) is 8.66. The average molecular weight is 249 g/mol. The van der Waals surface area contributed by atoms with Gasteiger partial charge in [0.25, 0.3) is 0 Å². The van der Waals surface area contributed by atoms with Crippen LogP contribution in [0, 0.1) is 11.7 Å². The maximum absolute atomic E-state index is 14.2. The zero-order chi connectivity index (χ0) is 12.7. The SMILES string of the molecule is C[C@H](O)c1cccc(F)c1N(CC1CC1)C1CC1. The minimum absolute atomic E-state index is 0.194. The number of aliphatic hydroxyl groups is 1. The van der Waals surface area contributed by atoms with E-state index in [1.54, 1.807) is 13.0 Å². The molecular formula is C15H20FNO. The van der Waals surface area contributed by atoms with Gasteiger partial charge in [-0.05, 0) is 44.6 Å². The van der Waals surface area contributed by atoms with Gasteiger partial charge < -0.3 is 10.0 Å². The number of nitrogens with zero attached hydrogens (tertiary/aromatic N) is 1. The third kappa shape index (κ3) is 2.37. The first-order valence-electron chi connectivity index (χ1n) is 6.90. The first kappa shape index (κ1) is 12.0. The van der Waals surface area contributed by atoms with Crippen molar-refractivity contribution >= 4 is 5.69 Å². The van der Waals surface area contributed by atoms with Gasteiger partial charge in [-0.2, -0.15) is 0 Å². The van der Waals surface area contributed by atoms with Gasteiger partial charge in [0, 0.05) is 18.2 Å². The van der Waals surface area contributed by atoms with E-state index >= 15 is 0 Å². The number of halogens is 1. The first-order valence-corrected chi connectivity index (χ1v) is 6.90. The Morgan fingerprint density at radius 3 is 2.61 bits per heavy atom. The molecule has 3 rings (SSSR count). The summed E-state index contributed by atoms with van der Waals surface area (Å²) in [5, 5.41) is 9.84. The molecule has 3 heteroatoms. The topological polar surface area (TPSA) is 23.5 Å². The van der Waals surface area contributed by atoms with Crippen molar-refractivity contribution in [1.29, 1.82) is 0 Å². The molecule has 0 saturated heterocycles. The summed E-state index contributed by atoms with van der Waals surface area (Å²) in [4.78, 5) is 2.20. The Hall–Kier alpha value is -1.09. The summed E-state index contributed by atoms with van der Waals surface area (Å²) in [7, 11) is 0. The molecule has 1 N–H and O–H groups in total. The molecule has 98 valence electrons. The molecular weight excluding hydrogens is 229 g/mol. The number of rotatable bonds is 5. The van der Waals surface area contributed by atoms with Gasteiger partial charge in [-0.1, -0.05) is 12.1 Å². The van der Waals surface area contributed by atoms with Gasteiger partial charge in [0.15, 0.2) is 0 Å². The Labute approximate surface area is 107 Å². The molecule has 1 atom stereocenters. The molecule has 0 bridgehead atoms. The van der Waals surface area contributed by atoms with Crippen LogP contribution in [-0.4, -0.2) is 17.7 Å². The predicted octanol–water partition coefficient (Wildman–Crippen LogP) is 3.26. The fourth-order valence-corrected chi connectivity index (χ4v) is 2.56. The molecule has 1 aromatic carbocycles. The lowest BCUT2D eigenvalue weighted by Crippen LogP contribution is -2.30. The summed E-state index contributed by atoms with van der Waals surface area (Å²) in [5.41, 5.74) is 1.37. The fraction of sp³-hybridized carbons (Fsp3) is 0.600. The number of benzene rings is 1. The normalized spacial score (nSPS) is 20.8. The third-order valence-electron chi connectivity index (χ3n) is 3.89. The van der Waals surface area contributed by atoms with Crippen molar-refractivity contribution < 1.29 is 9.50 Å². The smallest absolute Gasteiger partial charge is 0.146 e. The van der Waals surface area contributed by atoms with E-state index < -0.39 is 6.10 Å². The molecule has 0 radical (unpaired) electrons. The quantitative estimate of drug-likeness (QED) is 0.865. The van der Waals surface area contributed by atoms with Crippen molar-refractivity contribution in [3.05, 3.63) is 29.6 Å². The van der Waals surface area contributed by atoms with Crippen LogP contribution in [-0.2, 0) is 0 Å². The molecule has 18 heavy (non-hydrogen) atoms. The van der Waals surface area contributed by atoms with Crippen LogP contribution < -0.4 is 4.90 Å². The highest BCUT2D eigenvalue weighted by molar-refractivity contribution is 5.57. The van der Waals surface area contributed by atoms with Crippen LogP contribution in [0.2, 0.25) is 0 Å². The largest absolute Gasteiger partial charge is 0.389 e. The van der Waals surface area contributed by atoms with Crippen molar-refractivity contribution in [2.45, 2.75) is 44.8 Å². The van der Waals surface area contributed by atoms with E-state index in [0.717, 1.165) is 30.9 Å². The van der Waals surface area contributed by atoms with Gasteiger partial charge >= 0.3 is 0 Å². The van der Waals surface area contributed by atoms with Gasteiger partial charge in [0.05, 0.1) is 11.8 Å². The second-order valence-corrected chi connectivity index (χ2v) is 5.68. The van der Waals surface area contributed by atoms with E-state index in [1.165, 1.54) is 18.9 Å². The molecule has 0 aliphatic heterocycles. The highest BCUT2D eigenvalue weighted by Crippen LogP contribution is 2.41. The summed E-state index contributed by atoms with van der Waals surface area (Å²) < 4.78 is 14.2. The van der Waals surface area contributed by atoms with Crippen molar-refractivity contribution in [2.24, 2.45) is 5.92 Å². The summed E-state index contributed by atoms with van der Waals surface area (Å²) in [6, 6.07) is 5.51. The van der Waals surface area contributed by atoms with E-state index in [2.05, 4.69) is 4.90 Å². The Bertz CT molecular complexity index is 438. The van der Waals surface area contributed by atoms with Crippen LogP contribution in [0.5, 0.6) is 0 Å². The zero-order valence-electron chi connectivity index (χ0n) is 10.8. The lowest BCUT2D eigenvalue weighted by molar-refractivity contribution is 0.199. The highest BCUT2D eigenvalue weighted by Gasteiger charge is 2.36. The summed E-state index contributed by atoms with van der Waals surface area (Å²) >= 11 is 0. The molecule has 2 nitrogen and oxygen atoms in total. The van der Waals surface area contributed by atoms with Crippen LogP contribution in [0.3, 0.4) is 0 Å². The van der Waals surface area contributed by atoms with E-state index in [0.29, 0.717) is 11.7 Å². The van der Waals surface area contributed by atoms with Crippen molar-refractivity contribution in [1.82, 2.24) is 0 Å². The van der Waals surface area contributed by atoms with Crippen molar-refractivity contribution in [3.63, 3.8) is 0 Å². The molecule has 1 aromatic rings. The molecule has 0 unspecified atom stereocenters. The van der Waals surface area contributed by atoms with Crippen molar-refractivity contribution in [2.75, 3.05) is 11.4 Å². The summed E-state index contributed by atoms with van der Waals surface area (Å²) in [6.07, 6.45) is 4.22. The predicted molar refractivity (Wildman–Crippen MR) is 70.1 cm³/mol. The number of hydrogen-bond donors (Lipinski definition) is 1. The Kier molecular flexibility index (Phi) is 3.02. The van der Waals surface area contributed by atoms with Crippen LogP contribution in [0.4, 0.5) is 10.1 Å². The van der Waals surface area contributed by atoms with Gasteiger partial charge in [-0.25, -0.2) is 4.39 Å². The Balaban J connectivity index is 1.95. The van der Waals surface area contributed by atoms with Gasteiger partial charge in [0.1, 0.15) is 5.82 Å². The number of para-hydroxylation sites is 1. The standard InChI is InChI=1S/C15H20FNO/c1-10(18)13-3-2-4-14(16)15(13)17(12-7-8-12)9-11-5-6-11/h2-4,10-12,18H,5-9H2,1H3/t10-/m0/s1. The number of aliphatic hydroxyl groups excluding tert-OH is 1.